The van der Waals surface area contributed by atoms with Crippen molar-refractivity contribution in [3.63, 3.8) is 0 Å². The van der Waals surface area contributed by atoms with Gasteiger partial charge in [0.1, 0.15) is 0 Å². The minimum absolute atomic E-state index is 0.0557. The molecule has 24 heavy (non-hydrogen) atoms. The lowest BCUT2D eigenvalue weighted by Gasteiger charge is -2.33. The van der Waals surface area contributed by atoms with Gasteiger partial charge in [-0.1, -0.05) is 60.7 Å². The van der Waals surface area contributed by atoms with Crippen molar-refractivity contribution in [3.05, 3.63) is 71.8 Å². The van der Waals surface area contributed by atoms with Crippen molar-refractivity contribution in [3.8, 4) is 0 Å². The number of rotatable bonds is 5. The van der Waals surface area contributed by atoms with Crippen LogP contribution >= 0.6 is 0 Å². The first-order chi connectivity index (χ1) is 11.6. The Morgan fingerprint density at radius 3 is 2.00 bits per heavy atom. The van der Waals surface area contributed by atoms with Gasteiger partial charge in [0.05, 0.1) is 18.6 Å². The van der Waals surface area contributed by atoms with E-state index in [4.69, 9.17) is 10.5 Å². The molecule has 3 rings (SSSR count). The summed E-state index contributed by atoms with van der Waals surface area (Å²) in [7, 11) is 0. The average molecular weight is 324 g/mol. The van der Waals surface area contributed by atoms with E-state index in [9.17, 15) is 4.79 Å². The summed E-state index contributed by atoms with van der Waals surface area (Å²) in [4.78, 5) is 15.1. The molecule has 2 aromatic rings. The summed E-state index contributed by atoms with van der Waals surface area (Å²) in [6.07, 6.45) is 0. The Morgan fingerprint density at radius 2 is 1.58 bits per heavy atom. The Kier molecular flexibility index (Phi) is 4.97. The summed E-state index contributed by atoms with van der Waals surface area (Å²) in [5.74, 6) is 0.0557. The molecule has 1 aliphatic heterocycles. The van der Waals surface area contributed by atoms with E-state index in [-0.39, 0.29) is 11.9 Å². The third kappa shape index (κ3) is 3.50. The van der Waals surface area contributed by atoms with E-state index in [2.05, 4.69) is 0 Å². The van der Waals surface area contributed by atoms with Gasteiger partial charge in [-0.3, -0.25) is 4.79 Å². The number of hydrogen-bond acceptors (Lipinski definition) is 3. The number of benzene rings is 2. The van der Waals surface area contributed by atoms with E-state index in [0.29, 0.717) is 26.3 Å². The molecular weight excluding hydrogens is 300 g/mol. The topological polar surface area (TPSA) is 55.6 Å². The number of carbonyl (C=O) groups is 1. The van der Waals surface area contributed by atoms with Gasteiger partial charge in [-0.2, -0.15) is 0 Å². The molecule has 1 amide bonds. The highest BCUT2D eigenvalue weighted by atomic mass is 16.5. The number of ether oxygens (including phenoxy) is 1. The molecule has 1 heterocycles. The minimum atomic E-state index is -0.663. The van der Waals surface area contributed by atoms with Crippen LogP contribution in [0.5, 0.6) is 0 Å². The maximum Gasteiger partial charge on any atom is 0.233 e. The fourth-order valence-electron chi connectivity index (χ4n) is 3.08. The molecule has 126 valence electrons. The van der Waals surface area contributed by atoms with Gasteiger partial charge in [0.25, 0.3) is 0 Å². The normalized spacial score (nSPS) is 23.2. The van der Waals surface area contributed by atoms with E-state index in [0.717, 1.165) is 11.1 Å². The summed E-state index contributed by atoms with van der Waals surface area (Å²) in [6, 6.07) is 19.8. The molecule has 0 saturated carbocycles. The Bertz CT molecular complexity index is 633. The highest BCUT2D eigenvalue weighted by Crippen LogP contribution is 2.30. The molecule has 2 unspecified atom stereocenters. The summed E-state index contributed by atoms with van der Waals surface area (Å²) in [6.45, 7) is 3.86. The molecule has 1 fully saturated rings. The first-order valence-corrected chi connectivity index (χ1v) is 8.30. The number of carbonyl (C=O) groups excluding carboxylic acids is 1. The second-order valence-corrected chi connectivity index (χ2v) is 6.67. The van der Waals surface area contributed by atoms with Crippen LogP contribution in [0.1, 0.15) is 18.1 Å². The van der Waals surface area contributed by atoms with Crippen molar-refractivity contribution < 1.29 is 9.53 Å². The molecule has 0 aromatic heterocycles. The van der Waals surface area contributed by atoms with Crippen molar-refractivity contribution >= 4 is 5.91 Å². The van der Waals surface area contributed by atoms with Crippen molar-refractivity contribution in [2.75, 3.05) is 13.2 Å². The van der Waals surface area contributed by atoms with Gasteiger partial charge >= 0.3 is 0 Å². The van der Waals surface area contributed by atoms with Crippen LogP contribution in [0, 0.1) is 5.41 Å². The molecule has 2 aromatic carbocycles. The van der Waals surface area contributed by atoms with Crippen molar-refractivity contribution in [2.45, 2.75) is 26.1 Å². The first kappa shape index (κ1) is 16.7. The smallest absolute Gasteiger partial charge is 0.233 e. The number of nitrogens with two attached hydrogens (primary N) is 1. The van der Waals surface area contributed by atoms with Gasteiger partial charge in [0, 0.05) is 19.1 Å². The number of nitrogens with zero attached hydrogens (tertiary/aromatic N) is 1. The largest absolute Gasteiger partial charge is 0.379 e. The molecule has 0 spiro atoms. The van der Waals surface area contributed by atoms with Gasteiger partial charge < -0.3 is 15.4 Å². The van der Waals surface area contributed by atoms with Crippen molar-refractivity contribution in [2.24, 2.45) is 11.1 Å². The molecule has 2 atom stereocenters. The van der Waals surface area contributed by atoms with Crippen LogP contribution in [0.3, 0.4) is 0 Å². The zero-order valence-electron chi connectivity index (χ0n) is 14.0. The van der Waals surface area contributed by atoms with E-state index in [1.165, 1.54) is 0 Å². The molecule has 0 bridgehead atoms. The zero-order valence-corrected chi connectivity index (χ0v) is 14.0. The maximum atomic E-state index is 13.3. The summed E-state index contributed by atoms with van der Waals surface area (Å²) < 4.78 is 5.47. The summed E-state index contributed by atoms with van der Waals surface area (Å²) in [5.41, 5.74) is 7.72. The standard InChI is InChI=1S/C20H24N2O2/c1-20(15-24-14-18(20)21)19(23)22(12-16-8-4-2-5-9-16)13-17-10-6-3-7-11-17/h2-11,18H,12-15,21H2,1H3. The molecule has 2 N–H and O–H groups in total. The van der Waals surface area contributed by atoms with Crippen LogP contribution in [-0.4, -0.2) is 30.1 Å². The zero-order chi connectivity index (χ0) is 17.0. The lowest BCUT2D eigenvalue weighted by atomic mass is 9.84. The van der Waals surface area contributed by atoms with Crippen LogP contribution in [0.2, 0.25) is 0 Å². The maximum absolute atomic E-state index is 13.3. The van der Waals surface area contributed by atoms with Crippen LogP contribution in [-0.2, 0) is 22.6 Å². The fraction of sp³-hybridized carbons (Fsp3) is 0.350. The Morgan fingerprint density at radius 1 is 1.08 bits per heavy atom. The van der Waals surface area contributed by atoms with E-state index >= 15 is 0 Å². The van der Waals surface area contributed by atoms with Gasteiger partial charge in [0.15, 0.2) is 0 Å². The van der Waals surface area contributed by atoms with Crippen LogP contribution in [0.4, 0.5) is 0 Å². The van der Waals surface area contributed by atoms with Crippen molar-refractivity contribution in [1.82, 2.24) is 4.90 Å². The van der Waals surface area contributed by atoms with Gasteiger partial charge in [-0.15, -0.1) is 0 Å². The fourth-order valence-corrected chi connectivity index (χ4v) is 3.08. The first-order valence-electron chi connectivity index (χ1n) is 8.30. The van der Waals surface area contributed by atoms with Crippen LogP contribution in [0.25, 0.3) is 0 Å². The Balaban J connectivity index is 1.85. The third-order valence-corrected chi connectivity index (χ3v) is 4.73. The molecule has 0 aliphatic carbocycles. The van der Waals surface area contributed by atoms with Gasteiger partial charge in [-0.25, -0.2) is 0 Å². The van der Waals surface area contributed by atoms with E-state index in [1.54, 1.807) is 0 Å². The lowest BCUT2D eigenvalue weighted by molar-refractivity contribution is -0.143. The van der Waals surface area contributed by atoms with E-state index < -0.39 is 5.41 Å². The second kappa shape index (κ2) is 7.16. The molecular formula is C20H24N2O2. The molecule has 4 nitrogen and oxygen atoms in total. The highest BCUT2D eigenvalue weighted by Gasteiger charge is 2.46. The molecule has 4 heteroatoms. The van der Waals surface area contributed by atoms with Crippen LogP contribution in [0.15, 0.2) is 60.7 Å². The summed E-state index contributed by atoms with van der Waals surface area (Å²) in [5, 5.41) is 0. The van der Waals surface area contributed by atoms with Gasteiger partial charge in [0.2, 0.25) is 5.91 Å². The summed E-state index contributed by atoms with van der Waals surface area (Å²) >= 11 is 0. The van der Waals surface area contributed by atoms with Crippen LogP contribution < -0.4 is 5.73 Å². The Labute approximate surface area is 143 Å². The average Bonchev–Trinajstić information content (AvgIpc) is 2.95. The number of amides is 1. The predicted molar refractivity (Wildman–Crippen MR) is 94.0 cm³/mol. The quantitative estimate of drug-likeness (QED) is 0.920. The van der Waals surface area contributed by atoms with Crippen molar-refractivity contribution in [1.29, 1.82) is 0 Å². The second-order valence-electron chi connectivity index (χ2n) is 6.67. The molecule has 0 radical (unpaired) electrons. The minimum Gasteiger partial charge on any atom is -0.379 e. The highest BCUT2D eigenvalue weighted by molar-refractivity contribution is 5.83. The van der Waals surface area contributed by atoms with E-state index in [1.807, 2.05) is 72.5 Å². The molecule has 1 saturated heterocycles. The monoisotopic (exact) mass is 324 g/mol. The Hall–Kier alpha value is -2.17. The lowest BCUT2D eigenvalue weighted by Crippen LogP contribution is -2.51. The van der Waals surface area contributed by atoms with Gasteiger partial charge in [-0.05, 0) is 18.1 Å². The predicted octanol–water partition coefficient (Wildman–Crippen LogP) is 2.58. The third-order valence-electron chi connectivity index (χ3n) is 4.73. The molecule has 1 aliphatic rings. The number of hydrogen-bond donors (Lipinski definition) is 1. The SMILES string of the molecule is CC1(C(=O)N(Cc2ccccc2)Cc2ccccc2)COCC1N.